The average Bonchev–Trinajstić information content (AvgIpc) is 2.43. The minimum Gasteiger partial charge on any atom is -0.455 e. The van der Waals surface area contributed by atoms with Crippen LogP contribution < -0.4 is 0 Å². The zero-order chi connectivity index (χ0) is 11.6. The largest absolute Gasteiger partial charge is 0.455 e. The zero-order valence-electron chi connectivity index (χ0n) is 9.40. The van der Waals surface area contributed by atoms with Crippen LogP contribution in [0.5, 0.6) is 0 Å². The lowest BCUT2D eigenvalue weighted by Gasteiger charge is -2.19. The van der Waals surface area contributed by atoms with Crippen LogP contribution in [0, 0.1) is 0 Å². The van der Waals surface area contributed by atoms with E-state index in [1.807, 2.05) is 0 Å². The first kappa shape index (κ1) is 11.5. The lowest BCUT2D eigenvalue weighted by Crippen LogP contribution is -2.25. The maximum Gasteiger partial charge on any atom is 0.355 e. The molecule has 0 unspecified atom stereocenters. The second-order valence-electron chi connectivity index (χ2n) is 4.39. The molecular formula is C11H15NO3. The summed E-state index contributed by atoms with van der Waals surface area (Å²) in [5, 5.41) is 0. The van der Waals surface area contributed by atoms with E-state index in [9.17, 15) is 9.59 Å². The summed E-state index contributed by atoms with van der Waals surface area (Å²) >= 11 is 0. The Morgan fingerprint density at radius 1 is 1.47 bits per heavy atom. The molecule has 0 atom stereocenters. The van der Waals surface area contributed by atoms with Crippen LogP contribution in [0.1, 0.15) is 41.6 Å². The Hall–Kier alpha value is -1.58. The first-order chi connectivity index (χ1) is 6.83. The number of esters is 1. The topological polar surface area (TPSA) is 48.3 Å². The summed E-state index contributed by atoms with van der Waals surface area (Å²) in [5.41, 5.74) is 0.327. The van der Waals surface area contributed by atoms with Crippen molar-refractivity contribution in [3.05, 3.63) is 23.5 Å². The third-order valence-electron chi connectivity index (χ3n) is 1.77. The molecule has 82 valence electrons. The lowest BCUT2D eigenvalue weighted by atomic mass is 10.2. The maximum atomic E-state index is 11.7. The summed E-state index contributed by atoms with van der Waals surface area (Å²) in [4.78, 5) is 22.2. The highest BCUT2D eigenvalue weighted by Crippen LogP contribution is 2.13. The van der Waals surface area contributed by atoms with Gasteiger partial charge in [-0.15, -0.1) is 0 Å². The van der Waals surface area contributed by atoms with E-state index in [1.54, 1.807) is 38.6 Å². The fraction of sp³-hybridized carbons (Fsp3) is 0.455. The van der Waals surface area contributed by atoms with E-state index in [2.05, 4.69) is 0 Å². The van der Waals surface area contributed by atoms with Crippen molar-refractivity contribution in [2.75, 3.05) is 0 Å². The molecule has 1 rings (SSSR count). The molecule has 0 aliphatic carbocycles. The van der Waals surface area contributed by atoms with Crippen LogP contribution in [-0.2, 0) is 11.8 Å². The first-order valence-electron chi connectivity index (χ1n) is 4.68. The number of carbonyl (C=O) groups is 2. The summed E-state index contributed by atoms with van der Waals surface area (Å²) in [5.74, 6) is -0.418. The van der Waals surface area contributed by atoms with Crippen LogP contribution in [-0.4, -0.2) is 22.4 Å². The molecular weight excluding hydrogens is 194 g/mol. The third kappa shape index (κ3) is 2.94. The third-order valence-corrected chi connectivity index (χ3v) is 1.77. The molecule has 15 heavy (non-hydrogen) atoms. The highest BCUT2D eigenvalue weighted by atomic mass is 16.6. The van der Waals surface area contributed by atoms with Gasteiger partial charge in [0.2, 0.25) is 0 Å². The van der Waals surface area contributed by atoms with E-state index in [0.717, 1.165) is 0 Å². The van der Waals surface area contributed by atoms with Crippen molar-refractivity contribution in [1.29, 1.82) is 0 Å². The molecule has 0 aliphatic rings. The van der Waals surface area contributed by atoms with Crippen LogP contribution >= 0.6 is 0 Å². The van der Waals surface area contributed by atoms with Gasteiger partial charge in [0.1, 0.15) is 11.3 Å². The van der Waals surface area contributed by atoms with E-state index >= 15 is 0 Å². The standard InChI is InChI=1S/C11H15NO3/c1-11(2,3)15-10(14)9-5-8(7-13)6-12(9)4/h5-7H,1-4H3. The molecule has 0 saturated heterocycles. The minimum atomic E-state index is -0.525. The Bertz CT molecular complexity index is 385. The van der Waals surface area contributed by atoms with Crippen molar-refractivity contribution in [1.82, 2.24) is 4.57 Å². The second kappa shape index (κ2) is 3.88. The SMILES string of the molecule is Cn1cc(C=O)cc1C(=O)OC(C)(C)C. The highest BCUT2D eigenvalue weighted by molar-refractivity contribution is 5.90. The normalized spacial score (nSPS) is 11.2. The molecule has 0 N–H and O–H groups in total. The monoisotopic (exact) mass is 209 g/mol. The van der Waals surface area contributed by atoms with Gasteiger partial charge in [-0.1, -0.05) is 0 Å². The molecule has 1 heterocycles. The zero-order valence-corrected chi connectivity index (χ0v) is 9.40. The van der Waals surface area contributed by atoms with Gasteiger partial charge in [-0.2, -0.15) is 0 Å². The van der Waals surface area contributed by atoms with E-state index < -0.39 is 11.6 Å². The summed E-state index contributed by atoms with van der Waals surface area (Å²) in [6.45, 7) is 5.40. The first-order valence-corrected chi connectivity index (χ1v) is 4.68. The number of aldehydes is 1. The van der Waals surface area contributed by atoms with Gasteiger partial charge in [-0.05, 0) is 26.8 Å². The minimum absolute atomic E-state index is 0.382. The average molecular weight is 209 g/mol. The van der Waals surface area contributed by atoms with E-state index in [-0.39, 0.29) is 0 Å². The Balaban J connectivity index is 2.91. The molecule has 4 heteroatoms. The predicted octanol–water partition coefficient (Wildman–Crippen LogP) is 1.79. The maximum absolute atomic E-state index is 11.7. The van der Waals surface area contributed by atoms with Gasteiger partial charge in [-0.3, -0.25) is 4.79 Å². The molecule has 0 radical (unpaired) electrons. The Labute approximate surface area is 88.8 Å². The van der Waals surface area contributed by atoms with E-state index in [4.69, 9.17) is 4.74 Å². The van der Waals surface area contributed by atoms with Crippen LogP contribution in [0.4, 0.5) is 0 Å². The quantitative estimate of drug-likeness (QED) is 0.551. The Morgan fingerprint density at radius 2 is 2.07 bits per heavy atom. The van der Waals surface area contributed by atoms with Crippen LogP contribution in [0.3, 0.4) is 0 Å². The van der Waals surface area contributed by atoms with Gasteiger partial charge in [0.05, 0.1) is 0 Å². The van der Waals surface area contributed by atoms with Crippen molar-refractivity contribution < 1.29 is 14.3 Å². The van der Waals surface area contributed by atoms with Gasteiger partial charge < -0.3 is 9.30 Å². The van der Waals surface area contributed by atoms with Gasteiger partial charge in [0.15, 0.2) is 6.29 Å². The van der Waals surface area contributed by atoms with Crippen molar-refractivity contribution in [2.45, 2.75) is 26.4 Å². The molecule has 4 nitrogen and oxygen atoms in total. The van der Waals surface area contributed by atoms with Crippen LogP contribution in [0.2, 0.25) is 0 Å². The number of aromatic nitrogens is 1. The highest BCUT2D eigenvalue weighted by Gasteiger charge is 2.20. The van der Waals surface area contributed by atoms with Gasteiger partial charge in [-0.25, -0.2) is 4.79 Å². The van der Waals surface area contributed by atoms with E-state index in [0.29, 0.717) is 17.5 Å². The van der Waals surface area contributed by atoms with Gasteiger partial charge in [0, 0.05) is 18.8 Å². The van der Waals surface area contributed by atoms with Gasteiger partial charge >= 0.3 is 5.97 Å². The Kier molecular flexibility index (Phi) is 2.98. The van der Waals surface area contributed by atoms with Crippen molar-refractivity contribution >= 4 is 12.3 Å². The molecule has 0 aliphatic heterocycles. The summed E-state index contributed by atoms with van der Waals surface area (Å²) in [6, 6.07) is 1.51. The molecule has 0 saturated carbocycles. The lowest BCUT2D eigenvalue weighted by molar-refractivity contribution is 0.00590. The molecule has 1 aromatic heterocycles. The molecule has 0 amide bonds. The summed E-state index contributed by atoms with van der Waals surface area (Å²) in [7, 11) is 1.70. The number of nitrogens with zero attached hydrogens (tertiary/aromatic N) is 1. The van der Waals surface area contributed by atoms with Crippen LogP contribution in [0.25, 0.3) is 0 Å². The number of hydrogen-bond donors (Lipinski definition) is 0. The van der Waals surface area contributed by atoms with Crippen LogP contribution in [0.15, 0.2) is 12.3 Å². The Morgan fingerprint density at radius 3 is 2.47 bits per heavy atom. The predicted molar refractivity (Wildman–Crippen MR) is 56.0 cm³/mol. The molecule has 0 aromatic carbocycles. The van der Waals surface area contributed by atoms with E-state index in [1.165, 1.54) is 6.07 Å². The van der Waals surface area contributed by atoms with Crippen molar-refractivity contribution in [2.24, 2.45) is 7.05 Å². The molecule has 0 fully saturated rings. The molecule has 0 spiro atoms. The number of ether oxygens (including phenoxy) is 1. The second-order valence-corrected chi connectivity index (χ2v) is 4.39. The van der Waals surface area contributed by atoms with Crippen molar-refractivity contribution in [3.63, 3.8) is 0 Å². The summed E-state index contributed by atoms with van der Waals surface area (Å²) < 4.78 is 6.77. The molecule has 0 bridgehead atoms. The van der Waals surface area contributed by atoms with Crippen molar-refractivity contribution in [3.8, 4) is 0 Å². The number of carbonyl (C=O) groups excluding carboxylic acids is 2. The fourth-order valence-electron chi connectivity index (χ4n) is 1.19. The fourth-order valence-corrected chi connectivity index (χ4v) is 1.19. The molecule has 1 aromatic rings. The summed E-state index contributed by atoms with van der Waals surface area (Å²) in [6.07, 6.45) is 2.29. The number of aryl methyl sites for hydroxylation is 1. The smallest absolute Gasteiger partial charge is 0.355 e. The number of rotatable bonds is 2. The van der Waals surface area contributed by atoms with Gasteiger partial charge in [0.25, 0.3) is 0 Å². The number of hydrogen-bond acceptors (Lipinski definition) is 3.